The number of likely N-dealkylation sites (tertiary alicyclic amines) is 1. The van der Waals surface area contributed by atoms with Crippen molar-refractivity contribution in [3.8, 4) is 11.5 Å². The van der Waals surface area contributed by atoms with Crippen LogP contribution in [0.15, 0.2) is 42.5 Å². The highest BCUT2D eigenvalue weighted by Crippen LogP contribution is 2.32. The molecular formula is C19H20Cl2N2O2. The van der Waals surface area contributed by atoms with Gasteiger partial charge in [-0.15, -0.1) is 0 Å². The zero-order chi connectivity index (χ0) is 18.0. The molecule has 2 aromatic rings. The molecule has 2 N–H and O–H groups in total. The van der Waals surface area contributed by atoms with Gasteiger partial charge in [-0.1, -0.05) is 30.1 Å². The Kier molecular flexibility index (Phi) is 5.23. The lowest BCUT2D eigenvalue weighted by Gasteiger charge is -2.22. The fourth-order valence-electron chi connectivity index (χ4n) is 2.90. The summed E-state index contributed by atoms with van der Waals surface area (Å²) in [5, 5.41) is 0.985. The van der Waals surface area contributed by atoms with Crippen LogP contribution in [0, 0.1) is 5.41 Å². The highest BCUT2D eigenvalue weighted by atomic mass is 35.5. The standard InChI is InChI=1S/C19H20Cl2N2O2/c1-19(11-22)8-9-23(12-19)18(24)13-2-5-15(6-3-13)25-17-7-4-14(20)10-16(17)21/h2-7,10H,8-9,11-12,22H2,1H3. The topological polar surface area (TPSA) is 55.6 Å². The Hall–Kier alpha value is -1.75. The van der Waals surface area contributed by atoms with E-state index in [9.17, 15) is 4.79 Å². The number of carbonyl (C=O) groups excluding carboxylic acids is 1. The molecule has 132 valence electrons. The molecule has 1 atom stereocenters. The first-order chi connectivity index (χ1) is 11.9. The summed E-state index contributed by atoms with van der Waals surface area (Å²) in [6.07, 6.45) is 0.936. The van der Waals surface area contributed by atoms with E-state index in [0.29, 0.717) is 40.2 Å². The molecule has 1 fully saturated rings. The summed E-state index contributed by atoms with van der Waals surface area (Å²) in [5.41, 5.74) is 6.46. The first kappa shape index (κ1) is 18.1. The average Bonchev–Trinajstić information content (AvgIpc) is 3.00. The van der Waals surface area contributed by atoms with E-state index in [0.717, 1.165) is 13.0 Å². The number of carbonyl (C=O) groups is 1. The number of amides is 1. The van der Waals surface area contributed by atoms with Gasteiger partial charge in [0.25, 0.3) is 5.91 Å². The first-order valence-electron chi connectivity index (χ1n) is 8.12. The summed E-state index contributed by atoms with van der Waals surface area (Å²) >= 11 is 12.0. The molecule has 6 heteroatoms. The molecule has 4 nitrogen and oxygen atoms in total. The summed E-state index contributed by atoms with van der Waals surface area (Å²) in [7, 11) is 0. The van der Waals surface area contributed by atoms with E-state index in [1.165, 1.54) is 0 Å². The monoisotopic (exact) mass is 378 g/mol. The number of benzene rings is 2. The lowest BCUT2D eigenvalue weighted by atomic mass is 9.90. The Bertz CT molecular complexity index is 779. The van der Waals surface area contributed by atoms with Crippen LogP contribution in [-0.4, -0.2) is 30.4 Å². The number of rotatable bonds is 4. The van der Waals surface area contributed by atoms with E-state index in [2.05, 4.69) is 6.92 Å². The summed E-state index contributed by atoms with van der Waals surface area (Å²) in [4.78, 5) is 14.5. The minimum atomic E-state index is 0.0179. The molecule has 0 radical (unpaired) electrons. The highest BCUT2D eigenvalue weighted by molar-refractivity contribution is 6.35. The lowest BCUT2D eigenvalue weighted by molar-refractivity contribution is 0.0777. The molecule has 1 aliphatic rings. The summed E-state index contributed by atoms with van der Waals surface area (Å²) < 4.78 is 5.74. The molecular weight excluding hydrogens is 359 g/mol. The number of halogens is 2. The van der Waals surface area contributed by atoms with Gasteiger partial charge in [-0.2, -0.15) is 0 Å². The van der Waals surface area contributed by atoms with Crippen LogP contribution in [0.2, 0.25) is 10.0 Å². The quantitative estimate of drug-likeness (QED) is 0.845. The Morgan fingerprint density at radius 3 is 2.56 bits per heavy atom. The van der Waals surface area contributed by atoms with Crippen LogP contribution in [-0.2, 0) is 0 Å². The van der Waals surface area contributed by atoms with Gasteiger partial charge in [0.2, 0.25) is 0 Å². The van der Waals surface area contributed by atoms with Crippen molar-refractivity contribution in [1.29, 1.82) is 0 Å². The predicted octanol–water partition coefficient (Wildman–Crippen LogP) is 4.60. The molecule has 2 aromatic carbocycles. The largest absolute Gasteiger partial charge is 0.456 e. The number of hydrogen-bond acceptors (Lipinski definition) is 3. The van der Waals surface area contributed by atoms with Gasteiger partial charge >= 0.3 is 0 Å². The Balaban J connectivity index is 1.69. The van der Waals surface area contributed by atoms with Crippen LogP contribution in [0.4, 0.5) is 0 Å². The molecule has 0 aromatic heterocycles. The molecule has 0 aliphatic carbocycles. The maximum absolute atomic E-state index is 12.6. The van der Waals surface area contributed by atoms with E-state index in [1.54, 1.807) is 42.5 Å². The zero-order valence-corrected chi connectivity index (χ0v) is 15.5. The van der Waals surface area contributed by atoms with Gasteiger partial charge in [0.15, 0.2) is 0 Å². The molecule has 1 aliphatic heterocycles. The van der Waals surface area contributed by atoms with Crippen LogP contribution in [0.1, 0.15) is 23.7 Å². The Labute approximate surface area is 157 Å². The second kappa shape index (κ2) is 7.24. The smallest absolute Gasteiger partial charge is 0.253 e. The average molecular weight is 379 g/mol. The van der Waals surface area contributed by atoms with Crippen molar-refractivity contribution in [2.24, 2.45) is 11.1 Å². The Morgan fingerprint density at radius 2 is 1.96 bits per heavy atom. The Morgan fingerprint density at radius 1 is 1.24 bits per heavy atom. The van der Waals surface area contributed by atoms with E-state index in [4.69, 9.17) is 33.7 Å². The van der Waals surface area contributed by atoms with E-state index in [1.807, 2.05) is 4.90 Å². The maximum Gasteiger partial charge on any atom is 0.253 e. The molecule has 1 amide bonds. The molecule has 0 bridgehead atoms. The molecule has 0 spiro atoms. The van der Waals surface area contributed by atoms with Gasteiger partial charge in [0, 0.05) is 23.7 Å². The summed E-state index contributed by atoms with van der Waals surface area (Å²) in [5.74, 6) is 1.14. The molecule has 3 rings (SSSR count). The predicted molar refractivity (Wildman–Crippen MR) is 101 cm³/mol. The minimum Gasteiger partial charge on any atom is -0.456 e. The van der Waals surface area contributed by atoms with Crippen LogP contribution in [0.25, 0.3) is 0 Å². The fraction of sp³-hybridized carbons (Fsp3) is 0.316. The van der Waals surface area contributed by atoms with Crippen molar-refractivity contribution in [3.05, 3.63) is 58.1 Å². The highest BCUT2D eigenvalue weighted by Gasteiger charge is 2.35. The van der Waals surface area contributed by atoms with Crippen molar-refractivity contribution in [3.63, 3.8) is 0 Å². The van der Waals surface area contributed by atoms with Crippen molar-refractivity contribution in [2.45, 2.75) is 13.3 Å². The van der Waals surface area contributed by atoms with Crippen LogP contribution >= 0.6 is 23.2 Å². The molecule has 1 unspecified atom stereocenters. The molecule has 1 heterocycles. The molecule has 0 saturated carbocycles. The van der Waals surface area contributed by atoms with Crippen molar-refractivity contribution >= 4 is 29.1 Å². The third-order valence-electron chi connectivity index (χ3n) is 4.56. The normalized spacial score (nSPS) is 19.9. The van der Waals surface area contributed by atoms with Crippen LogP contribution < -0.4 is 10.5 Å². The van der Waals surface area contributed by atoms with E-state index >= 15 is 0 Å². The van der Waals surface area contributed by atoms with E-state index in [-0.39, 0.29) is 11.3 Å². The minimum absolute atomic E-state index is 0.0179. The third-order valence-corrected chi connectivity index (χ3v) is 5.09. The number of nitrogens with zero attached hydrogens (tertiary/aromatic N) is 1. The molecule has 1 saturated heterocycles. The van der Waals surface area contributed by atoms with E-state index < -0.39 is 0 Å². The summed E-state index contributed by atoms with van der Waals surface area (Å²) in [6, 6.07) is 12.1. The zero-order valence-electron chi connectivity index (χ0n) is 14.0. The lowest BCUT2D eigenvalue weighted by Crippen LogP contribution is -2.34. The second-order valence-corrected chi connectivity index (χ2v) is 7.54. The van der Waals surface area contributed by atoms with Crippen molar-refractivity contribution in [1.82, 2.24) is 4.90 Å². The second-order valence-electron chi connectivity index (χ2n) is 6.69. The molecule has 25 heavy (non-hydrogen) atoms. The van der Waals surface area contributed by atoms with Crippen LogP contribution in [0.3, 0.4) is 0 Å². The van der Waals surface area contributed by atoms with Gasteiger partial charge in [0.1, 0.15) is 11.5 Å². The third kappa shape index (κ3) is 4.09. The summed E-state index contributed by atoms with van der Waals surface area (Å²) in [6.45, 7) is 4.14. The van der Waals surface area contributed by atoms with Gasteiger partial charge in [0.05, 0.1) is 5.02 Å². The fourth-order valence-corrected chi connectivity index (χ4v) is 3.34. The SMILES string of the molecule is CC1(CN)CCN(C(=O)c2ccc(Oc3ccc(Cl)cc3Cl)cc2)C1. The maximum atomic E-state index is 12.6. The first-order valence-corrected chi connectivity index (χ1v) is 8.88. The van der Waals surface area contributed by atoms with Crippen molar-refractivity contribution in [2.75, 3.05) is 19.6 Å². The van der Waals surface area contributed by atoms with Gasteiger partial charge in [-0.3, -0.25) is 4.79 Å². The number of hydrogen-bond donors (Lipinski definition) is 1. The number of ether oxygens (including phenoxy) is 1. The van der Waals surface area contributed by atoms with Gasteiger partial charge in [-0.25, -0.2) is 0 Å². The number of nitrogens with two attached hydrogens (primary N) is 1. The van der Waals surface area contributed by atoms with Crippen molar-refractivity contribution < 1.29 is 9.53 Å². The van der Waals surface area contributed by atoms with Gasteiger partial charge in [-0.05, 0) is 60.8 Å². The van der Waals surface area contributed by atoms with Crippen LogP contribution in [0.5, 0.6) is 11.5 Å². The van der Waals surface area contributed by atoms with Gasteiger partial charge < -0.3 is 15.4 Å².